The van der Waals surface area contributed by atoms with Gasteiger partial charge < -0.3 is 29.3 Å². The molecule has 0 radical (unpaired) electrons. The number of fused-ring (bicyclic) bond motifs is 1. The van der Waals surface area contributed by atoms with Crippen LogP contribution in [0.4, 0.5) is 0 Å². The average molecular weight is 435 g/mol. The van der Waals surface area contributed by atoms with Crippen LogP contribution in [0.3, 0.4) is 0 Å². The fraction of sp³-hybridized carbons (Fsp3) is 0.429. The highest BCUT2D eigenvalue weighted by molar-refractivity contribution is 6.33. The second-order valence-electron chi connectivity index (χ2n) is 7.84. The van der Waals surface area contributed by atoms with Crippen LogP contribution in [0.2, 0.25) is 5.02 Å². The molecule has 160 valence electrons. The average Bonchev–Trinajstić information content (AvgIpc) is 3.40. The van der Waals surface area contributed by atoms with Gasteiger partial charge in [0.2, 0.25) is 0 Å². The molecule has 2 saturated heterocycles. The highest BCUT2D eigenvalue weighted by atomic mass is 35.5. The summed E-state index contributed by atoms with van der Waals surface area (Å²) in [4.78, 5) is 24.8. The zero-order valence-electron chi connectivity index (χ0n) is 16.6. The summed E-state index contributed by atoms with van der Waals surface area (Å²) in [5, 5.41) is 6.07. The van der Waals surface area contributed by atoms with Crippen LogP contribution in [0, 0.1) is 0 Å². The maximum absolute atomic E-state index is 12.5. The van der Waals surface area contributed by atoms with Crippen molar-refractivity contribution in [2.45, 2.75) is 37.4 Å². The minimum atomic E-state index is -0.858. The van der Waals surface area contributed by atoms with Crippen LogP contribution in [0.1, 0.15) is 34.6 Å². The smallest absolute Gasteiger partial charge is 0.254 e. The predicted octanol–water partition coefficient (Wildman–Crippen LogP) is 2.38. The van der Waals surface area contributed by atoms with Gasteiger partial charge in [0.25, 0.3) is 11.8 Å². The molecule has 2 fully saturated rings. The Balaban J connectivity index is 1.42. The molecule has 0 aliphatic carbocycles. The van der Waals surface area contributed by atoms with Gasteiger partial charge in [-0.05, 0) is 32.0 Å². The van der Waals surface area contributed by atoms with Crippen molar-refractivity contribution >= 4 is 23.4 Å². The van der Waals surface area contributed by atoms with Crippen molar-refractivity contribution in [3.05, 3.63) is 59.0 Å². The van der Waals surface area contributed by atoms with Crippen LogP contribution in [0.15, 0.2) is 47.3 Å². The fourth-order valence-corrected chi connectivity index (χ4v) is 4.08. The van der Waals surface area contributed by atoms with E-state index < -0.39 is 23.6 Å². The van der Waals surface area contributed by atoms with Gasteiger partial charge >= 0.3 is 0 Å². The van der Waals surface area contributed by atoms with Gasteiger partial charge in [-0.2, -0.15) is 0 Å². The summed E-state index contributed by atoms with van der Waals surface area (Å²) in [5.41, 5.74) is -0.0498. The minimum absolute atomic E-state index is 0.195. The molecule has 2 aliphatic heterocycles. The summed E-state index contributed by atoms with van der Waals surface area (Å²) in [6, 6.07) is 8.40. The third kappa shape index (κ3) is 4.09. The van der Waals surface area contributed by atoms with Crippen LogP contribution >= 0.6 is 11.6 Å². The zero-order valence-corrected chi connectivity index (χ0v) is 17.4. The predicted molar refractivity (Wildman–Crippen MR) is 107 cm³/mol. The van der Waals surface area contributed by atoms with Crippen LogP contribution in [-0.2, 0) is 14.2 Å². The van der Waals surface area contributed by atoms with Gasteiger partial charge in [-0.3, -0.25) is 9.59 Å². The zero-order chi connectivity index (χ0) is 21.4. The number of hydrogen-bond donors (Lipinski definition) is 2. The quantitative estimate of drug-likeness (QED) is 0.724. The molecule has 9 heteroatoms. The monoisotopic (exact) mass is 434 g/mol. The molecule has 2 N–H and O–H groups in total. The maximum Gasteiger partial charge on any atom is 0.254 e. The topological polar surface area (TPSA) is 99.0 Å². The summed E-state index contributed by atoms with van der Waals surface area (Å²) in [5.74, 6) is -1.42. The number of benzene rings is 1. The molecule has 2 aliphatic rings. The molecule has 2 aromatic rings. The molecule has 0 unspecified atom stereocenters. The molecule has 3 heterocycles. The van der Waals surface area contributed by atoms with Crippen LogP contribution in [0.25, 0.3) is 0 Å². The number of hydrogen-bond acceptors (Lipinski definition) is 6. The Labute approximate surface area is 178 Å². The summed E-state index contributed by atoms with van der Waals surface area (Å²) < 4.78 is 23.1. The van der Waals surface area contributed by atoms with E-state index in [-0.39, 0.29) is 31.5 Å². The first kappa shape index (κ1) is 20.9. The van der Waals surface area contributed by atoms with Crippen LogP contribution in [-0.4, -0.2) is 55.1 Å². The lowest BCUT2D eigenvalue weighted by molar-refractivity contribution is -0.188. The lowest BCUT2D eigenvalue weighted by atomic mass is 9.96. The third-order valence-corrected chi connectivity index (χ3v) is 5.50. The van der Waals surface area contributed by atoms with Gasteiger partial charge in [0.05, 0.1) is 35.6 Å². The highest BCUT2D eigenvalue weighted by Crippen LogP contribution is 2.43. The summed E-state index contributed by atoms with van der Waals surface area (Å²) in [6.07, 6.45) is 1.90. The van der Waals surface area contributed by atoms with Gasteiger partial charge in [-0.1, -0.05) is 23.7 Å². The molecule has 1 aromatic carbocycles. The van der Waals surface area contributed by atoms with Crippen molar-refractivity contribution < 1.29 is 28.2 Å². The van der Waals surface area contributed by atoms with Crippen molar-refractivity contribution in [3.8, 4) is 0 Å². The molecule has 30 heavy (non-hydrogen) atoms. The van der Waals surface area contributed by atoms with E-state index in [1.807, 2.05) is 13.8 Å². The largest absolute Gasteiger partial charge is 0.472 e. The van der Waals surface area contributed by atoms with Gasteiger partial charge in [-0.15, -0.1) is 0 Å². The van der Waals surface area contributed by atoms with E-state index >= 15 is 0 Å². The lowest BCUT2D eigenvalue weighted by Gasteiger charge is -2.27. The first-order chi connectivity index (χ1) is 14.3. The van der Waals surface area contributed by atoms with Gasteiger partial charge in [-0.25, -0.2) is 0 Å². The number of carbonyl (C=O) groups excluding carboxylic acids is 2. The maximum atomic E-state index is 12.5. The second-order valence-corrected chi connectivity index (χ2v) is 8.25. The molecule has 2 amide bonds. The van der Waals surface area contributed by atoms with E-state index in [9.17, 15) is 9.59 Å². The Kier molecular flexibility index (Phi) is 5.59. The van der Waals surface area contributed by atoms with Crippen LogP contribution in [0.5, 0.6) is 0 Å². The van der Waals surface area contributed by atoms with E-state index in [1.165, 1.54) is 12.5 Å². The number of nitrogens with one attached hydrogen (secondary N) is 2. The first-order valence-electron chi connectivity index (χ1n) is 9.62. The Morgan fingerprint density at radius 3 is 2.70 bits per heavy atom. The van der Waals surface area contributed by atoms with Crippen molar-refractivity contribution in [1.29, 1.82) is 0 Å². The Bertz CT molecular complexity index is 931. The van der Waals surface area contributed by atoms with Gasteiger partial charge in [0.1, 0.15) is 24.1 Å². The number of halogens is 1. The molecule has 0 bridgehead atoms. The van der Waals surface area contributed by atoms with Crippen molar-refractivity contribution in [3.63, 3.8) is 0 Å². The molecular formula is C21H23ClN2O6. The third-order valence-electron chi connectivity index (χ3n) is 5.17. The van der Waals surface area contributed by atoms with Crippen LogP contribution < -0.4 is 10.6 Å². The van der Waals surface area contributed by atoms with E-state index in [1.54, 1.807) is 30.3 Å². The highest BCUT2D eigenvalue weighted by Gasteiger charge is 2.61. The van der Waals surface area contributed by atoms with Crippen molar-refractivity contribution in [1.82, 2.24) is 10.6 Å². The summed E-state index contributed by atoms with van der Waals surface area (Å²) >= 11 is 6.09. The Hall–Kier alpha value is -2.39. The molecular weight excluding hydrogens is 412 g/mol. The molecule has 4 rings (SSSR count). The van der Waals surface area contributed by atoms with E-state index in [0.717, 1.165) is 0 Å². The van der Waals surface area contributed by atoms with E-state index in [4.69, 9.17) is 30.2 Å². The van der Waals surface area contributed by atoms with Crippen molar-refractivity contribution in [2.24, 2.45) is 0 Å². The standard InChI is InChI=1S/C21H23ClN2O6/c1-20(2)29-17-16(9-23-19(26)14-5-3-4-6-15(14)22)28-12-21(17,30-20)11-24-18(25)13-7-8-27-10-13/h3-8,10,16-17H,9,11-12H2,1-2H3,(H,23,26)(H,24,25)/t16-,17-,21+/m1/s1. The minimum Gasteiger partial charge on any atom is -0.472 e. The summed E-state index contributed by atoms with van der Waals surface area (Å²) in [7, 11) is 0. The van der Waals surface area contributed by atoms with E-state index in [0.29, 0.717) is 16.1 Å². The second kappa shape index (κ2) is 8.03. The number of carbonyl (C=O) groups is 2. The van der Waals surface area contributed by atoms with E-state index in [2.05, 4.69) is 10.6 Å². The number of rotatable bonds is 6. The van der Waals surface area contributed by atoms with Crippen molar-refractivity contribution in [2.75, 3.05) is 19.7 Å². The van der Waals surface area contributed by atoms with Gasteiger partial charge in [0, 0.05) is 6.54 Å². The molecule has 0 saturated carbocycles. The molecule has 1 aromatic heterocycles. The number of furan rings is 1. The normalized spacial score (nSPS) is 26.9. The molecule has 8 nitrogen and oxygen atoms in total. The summed E-state index contributed by atoms with van der Waals surface area (Å²) in [6.45, 7) is 4.25. The number of ether oxygens (including phenoxy) is 3. The molecule has 3 atom stereocenters. The number of amides is 2. The SMILES string of the molecule is CC1(C)O[C@@H]2[C@@H](CNC(=O)c3ccccc3Cl)OC[C@]2(CNC(=O)c2ccoc2)O1. The Morgan fingerprint density at radius 2 is 1.97 bits per heavy atom. The Morgan fingerprint density at radius 1 is 1.17 bits per heavy atom. The molecule has 0 spiro atoms. The van der Waals surface area contributed by atoms with Gasteiger partial charge in [0.15, 0.2) is 5.79 Å². The fourth-order valence-electron chi connectivity index (χ4n) is 3.86. The first-order valence-corrected chi connectivity index (χ1v) is 10.0. The lowest BCUT2D eigenvalue weighted by Crippen LogP contribution is -2.52.